The molecule has 0 fully saturated rings. The zero-order chi connectivity index (χ0) is 11.4. The molecule has 0 heterocycles. The van der Waals surface area contributed by atoms with Crippen LogP contribution in [0.3, 0.4) is 0 Å². The standard InChI is InChI=1S/C9H15BrO4/c1-9(2,8(12)14-4)5-6(10)7(11)13-3/h6H,5H2,1-4H3. The van der Waals surface area contributed by atoms with Crippen LogP contribution in [-0.2, 0) is 19.1 Å². The van der Waals surface area contributed by atoms with E-state index in [0.29, 0.717) is 6.42 Å². The summed E-state index contributed by atoms with van der Waals surface area (Å²) in [5.74, 6) is -0.729. The van der Waals surface area contributed by atoms with Crippen LogP contribution in [-0.4, -0.2) is 31.0 Å². The molecule has 0 aliphatic carbocycles. The molecule has 0 amide bonds. The van der Waals surface area contributed by atoms with E-state index in [-0.39, 0.29) is 11.9 Å². The van der Waals surface area contributed by atoms with E-state index in [0.717, 1.165) is 0 Å². The van der Waals surface area contributed by atoms with Gasteiger partial charge in [0, 0.05) is 0 Å². The van der Waals surface area contributed by atoms with Crippen LogP contribution in [0.15, 0.2) is 0 Å². The van der Waals surface area contributed by atoms with Crippen LogP contribution >= 0.6 is 15.9 Å². The Morgan fingerprint density at radius 2 is 1.79 bits per heavy atom. The van der Waals surface area contributed by atoms with Gasteiger partial charge in [0.05, 0.1) is 19.6 Å². The van der Waals surface area contributed by atoms with Crippen LogP contribution in [0.1, 0.15) is 20.3 Å². The lowest BCUT2D eigenvalue weighted by molar-refractivity contribution is -0.151. The average molecular weight is 267 g/mol. The van der Waals surface area contributed by atoms with E-state index in [9.17, 15) is 9.59 Å². The topological polar surface area (TPSA) is 52.6 Å². The Morgan fingerprint density at radius 1 is 1.29 bits per heavy atom. The van der Waals surface area contributed by atoms with E-state index >= 15 is 0 Å². The Kier molecular flexibility index (Phi) is 5.12. The maximum Gasteiger partial charge on any atom is 0.319 e. The molecule has 1 atom stereocenters. The fraction of sp³-hybridized carbons (Fsp3) is 0.778. The van der Waals surface area contributed by atoms with Gasteiger partial charge in [-0.25, -0.2) is 0 Å². The number of carbonyl (C=O) groups is 2. The fourth-order valence-corrected chi connectivity index (χ4v) is 2.02. The van der Waals surface area contributed by atoms with Gasteiger partial charge in [-0.05, 0) is 20.3 Å². The van der Waals surface area contributed by atoms with Gasteiger partial charge in [-0.3, -0.25) is 9.59 Å². The number of hydrogen-bond donors (Lipinski definition) is 0. The van der Waals surface area contributed by atoms with Gasteiger partial charge in [0.25, 0.3) is 0 Å². The summed E-state index contributed by atoms with van der Waals surface area (Å²) in [7, 11) is 2.63. The number of rotatable bonds is 4. The molecule has 0 N–H and O–H groups in total. The fourth-order valence-electron chi connectivity index (χ4n) is 1.02. The molecule has 82 valence electrons. The Morgan fingerprint density at radius 3 is 2.14 bits per heavy atom. The maximum atomic E-state index is 11.3. The number of alkyl halides is 1. The van der Waals surface area contributed by atoms with Gasteiger partial charge in [-0.1, -0.05) is 15.9 Å². The first-order valence-corrected chi connectivity index (χ1v) is 5.07. The van der Waals surface area contributed by atoms with Gasteiger partial charge in [-0.2, -0.15) is 0 Å². The van der Waals surface area contributed by atoms with Crippen molar-refractivity contribution in [3.05, 3.63) is 0 Å². The normalized spacial score (nSPS) is 13.2. The molecular formula is C9H15BrO4. The highest BCUT2D eigenvalue weighted by molar-refractivity contribution is 9.10. The van der Waals surface area contributed by atoms with E-state index in [1.807, 2.05) is 0 Å². The molecule has 1 unspecified atom stereocenters. The number of hydrogen-bond acceptors (Lipinski definition) is 4. The third kappa shape index (κ3) is 3.65. The van der Waals surface area contributed by atoms with Crippen molar-refractivity contribution in [3.8, 4) is 0 Å². The Balaban J connectivity index is 4.35. The highest BCUT2D eigenvalue weighted by Crippen LogP contribution is 2.27. The minimum absolute atomic E-state index is 0.340. The van der Waals surface area contributed by atoms with E-state index in [2.05, 4.69) is 25.4 Å². The lowest BCUT2D eigenvalue weighted by Gasteiger charge is -2.22. The van der Waals surface area contributed by atoms with Crippen LogP contribution in [0.4, 0.5) is 0 Å². The molecule has 0 aromatic carbocycles. The molecule has 0 saturated carbocycles. The third-order valence-corrected chi connectivity index (χ3v) is 2.58. The summed E-state index contributed by atoms with van der Waals surface area (Å²) in [5, 5.41) is 0. The molecule has 0 aliphatic heterocycles. The summed E-state index contributed by atoms with van der Waals surface area (Å²) in [4.78, 5) is 21.9. The number of halogens is 1. The molecule has 0 aromatic rings. The predicted molar refractivity (Wildman–Crippen MR) is 55.1 cm³/mol. The zero-order valence-corrected chi connectivity index (χ0v) is 10.4. The molecule has 0 aliphatic rings. The zero-order valence-electron chi connectivity index (χ0n) is 8.80. The van der Waals surface area contributed by atoms with Gasteiger partial charge in [0.15, 0.2) is 0 Å². The predicted octanol–water partition coefficient (Wildman–Crippen LogP) is 1.51. The van der Waals surface area contributed by atoms with Crippen molar-refractivity contribution in [1.29, 1.82) is 0 Å². The Labute approximate surface area is 92.1 Å². The summed E-state index contributed by atoms with van der Waals surface area (Å²) in [6, 6.07) is 0. The van der Waals surface area contributed by atoms with Gasteiger partial charge in [0.2, 0.25) is 0 Å². The summed E-state index contributed by atoms with van der Waals surface area (Å²) >= 11 is 3.15. The van der Waals surface area contributed by atoms with E-state index in [1.54, 1.807) is 13.8 Å². The molecule has 4 nitrogen and oxygen atoms in total. The quantitative estimate of drug-likeness (QED) is 0.572. The number of methoxy groups -OCH3 is 2. The largest absolute Gasteiger partial charge is 0.469 e. The van der Waals surface area contributed by atoms with Crippen molar-refractivity contribution >= 4 is 27.9 Å². The Bertz CT molecular complexity index is 225. The van der Waals surface area contributed by atoms with Crippen molar-refractivity contribution in [2.45, 2.75) is 25.1 Å². The maximum absolute atomic E-state index is 11.3. The first kappa shape index (κ1) is 13.4. The summed E-state index contributed by atoms with van der Waals surface area (Å²) in [6.45, 7) is 3.44. The Hall–Kier alpha value is -0.580. The van der Waals surface area contributed by atoms with E-state index in [1.165, 1.54) is 14.2 Å². The van der Waals surface area contributed by atoms with Crippen molar-refractivity contribution in [2.24, 2.45) is 5.41 Å². The first-order valence-electron chi connectivity index (χ1n) is 4.15. The number of ether oxygens (including phenoxy) is 2. The molecule has 0 radical (unpaired) electrons. The van der Waals surface area contributed by atoms with Crippen LogP contribution in [0, 0.1) is 5.41 Å². The summed E-state index contributed by atoms with van der Waals surface area (Å²) in [6.07, 6.45) is 0.340. The highest BCUT2D eigenvalue weighted by atomic mass is 79.9. The summed E-state index contributed by atoms with van der Waals surface area (Å²) < 4.78 is 9.15. The van der Waals surface area contributed by atoms with Crippen LogP contribution in [0.5, 0.6) is 0 Å². The van der Waals surface area contributed by atoms with Crippen LogP contribution in [0.25, 0.3) is 0 Å². The van der Waals surface area contributed by atoms with Crippen molar-refractivity contribution in [3.63, 3.8) is 0 Å². The average Bonchev–Trinajstić information content (AvgIpc) is 2.14. The lowest BCUT2D eigenvalue weighted by Crippen LogP contribution is -2.31. The first-order chi connectivity index (χ1) is 6.35. The molecular weight excluding hydrogens is 252 g/mol. The lowest BCUT2D eigenvalue weighted by atomic mass is 9.88. The molecule has 0 aromatic heterocycles. The monoisotopic (exact) mass is 266 g/mol. The van der Waals surface area contributed by atoms with Gasteiger partial charge >= 0.3 is 11.9 Å². The second-order valence-electron chi connectivity index (χ2n) is 3.57. The van der Waals surface area contributed by atoms with E-state index in [4.69, 9.17) is 0 Å². The highest BCUT2D eigenvalue weighted by Gasteiger charge is 2.33. The smallest absolute Gasteiger partial charge is 0.319 e. The number of carbonyl (C=O) groups excluding carboxylic acids is 2. The molecule has 0 saturated heterocycles. The van der Waals surface area contributed by atoms with Crippen molar-refractivity contribution < 1.29 is 19.1 Å². The van der Waals surface area contributed by atoms with Gasteiger partial charge in [0.1, 0.15) is 4.83 Å². The number of esters is 2. The molecule has 14 heavy (non-hydrogen) atoms. The molecule has 5 heteroatoms. The molecule has 0 bridgehead atoms. The summed E-state index contributed by atoms with van der Waals surface area (Å²) in [5.41, 5.74) is -0.697. The van der Waals surface area contributed by atoms with Crippen LogP contribution in [0.2, 0.25) is 0 Å². The van der Waals surface area contributed by atoms with Gasteiger partial charge < -0.3 is 9.47 Å². The van der Waals surface area contributed by atoms with Crippen molar-refractivity contribution in [1.82, 2.24) is 0 Å². The second-order valence-corrected chi connectivity index (χ2v) is 4.68. The molecule has 0 rings (SSSR count). The minimum atomic E-state index is -0.697. The molecule has 0 spiro atoms. The van der Waals surface area contributed by atoms with Crippen molar-refractivity contribution in [2.75, 3.05) is 14.2 Å². The second kappa shape index (κ2) is 5.34. The SMILES string of the molecule is COC(=O)C(Br)CC(C)(C)C(=O)OC. The van der Waals surface area contributed by atoms with Crippen LogP contribution < -0.4 is 0 Å². The minimum Gasteiger partial charge on any atom is -0.469 e. The third-order valence-electron chi connectivity index (χ3n) is 1.88. The van der Waals surface area contributed by atoms with Gasteiger partial charge in [-0.15, -0.1) is 0 Å². The van der Waals surface area contributed by atoms with E-state index < -0.39 is 10.2 Å².